The van der Waals surface area contributed by atoms with Crippen LogP contribution in [0.3, 0.4) is 0 Å². The molecule has 0 aliphatic rings. The zero-order valence-corrected chi connectivity index (χ0v) is 16.6. The van der Waals surface area contributed by atoms with Crippen LogP contribution in [-0.4, -0.2) is 9.90 Å². The molecule has 0 aromatic carbocycles. The van der Waals surface area contributed by atoms with Gasteiger partial charge in [-0.2, -0.15) is 0 Å². The molecule has 2 nitrogen and oxygen atoms in total. The SMILES string of the molecule is C=CC(CC)(N=P(Cl)(Cl)C(Cl)(CC)CC)P(=O)(Cl)Cl. The van der Waals surface area contributed by atoms with E-state index in [-0.39, 0.29) is 6.42 Å². The monoisotopic (exact) mass is 405 g/mol. The Morgan fingerprint density at radius 3 is 1.74 bits per heavy atom. The van der Waals surface area contributed by atoms with Gasteiger partial charge in [-0.15, -0.1) is 18.2 Å². The minimum absolute atomic E-state index is 0.280. The first-order chi connectivity index (χ1) is 8.45. The lowest BCUT2D eigenvalue weighted by atomic mass is 10.2. The summed E-state index contributed by atoms with van der Waals surface area (Å²) in [5.41, 5.74) is 0. The van der Waals surface area contributed by atoms with Crippen molar-refractivity contribution in [2.45, 2.75) is 49.9 Å². The lowest BCUT2D eigenvalue weighted by Crippen LogP contribution is -2.21. The Morgan fingerprint density at radius 2 is 1.53 bits per heavy atom. The molecule has 0 aliphatic carbocycles. The average molecular weight is 407 g/mol. The first-order valence-electron chi connectivity index (χ1n) is 5.80. The molecule has 0 amide bonds. The fraction of sp³-hybridized carbons (Fsp3) is 0.800. The van der Waals surface area contributed by atoms with E-state index in [4.69, 9.17) is 56.6 Å². The van der Waals surface area contributed by atoms with Crippen molar-refractivity contribution in [1.82, 2.24) is 0 Å². The zero-order chi connectivity index (χ0) is 15.5. The Bertz CT molecular complexity index is 426. The van der Waals surface area contributed by atoms with Gasteiger partial charge in [0.2, 0.25) is 0 Å². The number of rotatable bonds is 7. The minimum atomic E-state index is -3.63. The van der Waals surface area contributed by atoms with Crippen LogP contribution in [0, 0.1) is 0 Å². The molecule has 0 aliphatic heterocycles. The Balaban J connectivity index is 6.13. The van der Waals surface area contributed by atoms with Crippen molar-refractivity contribution < 1.29 is 4.57 Å². The highest BCUT2D eigenvalue weighted by Gasteiger charge is 2.48. The molecule has 0 saturated heterocycles. The van der Waals surface area contributed by atoms with Crippen LogP contribution in [0.4, 0.5) is 0 Å². The van der Waals surface area contributed by atoms with Crippen LogP contribution in [0.25, 0.3) is 0 Å². The number of nitrogens with zero attached hydrogens (tertiary/aromatic N) is 1. The smallest absolute Gasteiger partial charge is 0.283 e. The summed E-state index contributed by atoms with van der Waals surface area (Å²) in [5, 5.41) is -1.36. The third-order valence-corrected chi connectivity index (χ3v) is 13.0. The lowest BCUT2D eigenvalue weighted by Gasteiger charge is -2.34. The van der Waals surface area contributed by atoms with Crippen molar-refractivity contribution in [3.63, 3.8) is 0 Å². The van der Waals surface area contributed by atoms with E-state index >= 15 is 0 Å². The first kappa shape index (κ1) is 20.6. The van der Waals surface area contributed by atoms with Crippen LogP contribution in [0.5, 0.6) is 0 Å². The summed E-state index contributed by atoms with van der Waals surface area (Å²) < 4.78 is 15.5. The van der Waals surface area contributed by atoms with Gasteiger partial charge < -0.3 is 0 Å². The summed E-state index contributed by atoms with van der Waals surface area (Å²) in [6.07, 6.45) is 2.68. The maximum atomic E-state index is 12.1. The van der Waals surface area contributed by atoms with Crippen molar-refractivity contribution in [2.75, 3.05) is 0 Å². The maximum Gasteiger partial charge on any atom is 0.283 e. The highest BCUT2D eigenvalue weighted by molar-refractivity contribution is 8.13. The molecule has 0 N–H and O–H groups in total. The quantitative estimate of drug-likeness (QED) is 0.237. The number of alkyl halides is 1. The zero-order valence-electron chi connectivity index (χ0n) is 11.0. The number of hydrogen-bond donors (Lipinski definition) is 0. The highest BCUT2D eigenvalue weighted by atomic mass is 35.9. The molecule has 0 aromatic heterocycles. The average Bonchev–Trinajstić information content (AvgIpc) is 2.33. The third-order valence-electron chi connectivity index (χ3n) is 3.16. The number of hydrogen-bond acceptors (Lipinski definition) is 2. The Kier molecular flexibility index (Phi) is 7.91. The van der Waals surface area contributed by atoms with Crippen molar-refractivity contribution in [3.05, 3.63) is 12.7 Å². The van der Waals surface area contributed by atoms with Gasteiger partial charge in [-0.25, -0.2) is 0 Å². The van der Waals surface area contributed by atoms with Crippen molar-refractivity contribution in [1.29, 1.82) is 0 Å². The second-order valence-electron chi connectivity index (χ2n) is 4.11. The first-order valence-corrected chi connectivity index (χ1v) is 13.2. The topological polar surface area (TPSA) is 29.4 Å². The summed E-state index contributed by atoms with van der Waals surface area (Å²) >= 11 is 30.8. The molecule has 9 heteroatoms. The van der Waals surface area contributed by atoms with Crippen LogP contribution >= 0.6 is 68.2 Å². The molecule has 0 spiro atoms. The van der Waals surface area contributed by atoms with E-state index in [0.717, 1.165) is 0 Å². The van der Waals surface area contributed by atoms with E-state index in [1.807, 2.05) is 13.8 Å². The molecular weight excluding hydrogens is 389 g/mol. The summed E-state index contributed by atoms with van der Waals surface area (Å²) in [5.74, 6) is -6.63. The van der Waals surface area contributed by atoms with Crippen LogP contribution in [0.15, 0.2) is 17.4 Å². The predicted octanol–water partition coefficient (Wildman–Crippen LogP) is 8.21. The van der Waals surface area contributed by atoms with E-state index in [1.165, 1.54) is 6.08 Å². The van der Waals surface area contributed by atoms with Gasteiger partial charge in [0, 0.05) is 0 Å². The largest absolute Gasteiger partial charge is 0.286 e. The number of halogens is 5. The maximum absolute atomic E-state index is 12.1. The summed E-state index contributed by atoms with van der Waals surface area (Å²) in [4.78, 5) is 0. The second-order valence-corrected chi connectivity index (χ2v) is 15.6. The molecule has 1 atom stereocenters. The third kappa shape index (κ3) is 4.32. The Hall–Kier alpha value is 1.65. The minimum Gasteiger partial charge on any atom is -0.286 e. The van der Waals surface area contributed by atoms with Gasteiger partial charge in [-0.1, -0.05) is 49.3 Å². The Morgan fingerprint density at radius 1 is 1.11 bits per heavy atom. The molecule has 0 heterocycles. The van der Waals surface area contributed by atoms with Gasteiger partial charge in [-0.05, 0) is 41.7 Å². The van der Waals surface area contributed by atoms with Crippen LogP contribution in [0.2, 0.25) is 0 Å². The molecule has 0 fully saturated rings. The van der Waals surface area contributed by atoms with Gasteiger partial charge in [0.1, 0.15) is 4.62 Å². The van der Waals surface area contributed by atoms with Gasteiger partial charge >= 0.3 is 0 Å². The van der Waals surface area contributed by atoms with Crippen LogP contribution in [-0.2, 0) is 4.57 Å². The Labute approximate surface area is 139 Å². The van der Waals surface area contributed by atoms with E-state index in [0.29, 0.717) is 12.8 Å². The molecule has 0 saturated carbocycles. The highest BCUT2D eigenvalue weighted by Crippen LogP contribution is 2.79. The molecule has 0 rings (SSSR count). The lowest BCUT2D eigenvalue weighted by molar-refractivity contribution is 0.565. The second kappa shape index (κ2) is 7.28. The molecule has 0 aromatic rings. The molecule has 0 radical (unpaired) electrons. The van der Waals surface area contributed by atoms with Gasteiger partial charge in [0.15, 0.2) is 11.0 Å². The molecule has 19 heavy (non-hydrogen) atoms. The van der Waals surface area contributed by atoms with E-state index in [1.54, 1.807) is 6.92 Å². The van der Waals surface area contributed by atoms with Crippen molar-refractivity contribution in [2.24, 2.45) is 4.74 Å². The van der Waals surface area contributed by atoms with Gasteiger partial charge in [-0.3, -0.25) is 9.31 Å². The summed E-state index contributed by atoms with van der Waals surface area (Å²) in [7, 11) is 0. The van der Waals surface area contributed by atoms with Crippen LogP contribution < -0.4 is 0 Å². The molecular formula is C10H18Cl5NOP2. The van der Waals surface area contributed by atoms with Gasteiger partial charge in [0.05, 0.1) is 0 Å². The summed E-state index contributed by atoms with van der Waals surface area (Å²) in [6.45, 7) is 9.09. The fourth-order valence-electron chi connectivity index (χ4n) is 1.54. The fourth-order valence-corrected chi connectivity index (χ4v) is 8.95. The van der Waals surface area contributed by atoms with E-state index in [9.17, 15) is 4.57 Å². The van der Waals surface area contributed by atoms with Crippen molar-refractivity contribution in [3.8, 4) is 0 Å². The molecule has 114 valence electrons. The van der Waals surface area contributed by atoms with Crippen molar-refractivity contribution >= 4 is 68.2 Å². The van der Waals surface area contributed by atoms with Crippen LogP contribution in [0.1, 0.15) is 40.0 Å². The standard InChI is InChI=1S/C10H18Cl5NOP2/c1-5-9(11,6-2)18(12,13)16-10(7-3,8-4)19(14,15)17/h7H,3,5-6,8H2,1-2,4H3. The normalized spacial score (nSPS) is 16.8. The van der Waals surface area contributed by atoms with E-state index < -0.39 is 21.5 Å². The summed E-state index contributed by atoms with van der Waals surface area (Å²) in [6, 6.07) is 0. The molecule has 0 bridgehead atoms. The van der Waals surface area contributed by atoms with E-state index in [2.05, 4.69) is 11.3 Å². The molecule has 1 unspecified atom stereocenters. The van der Waals surface area contributed by atoms with Gasteiger partial charge in [0.25, 0.3) is 5.85 Å². The predicted molar refractivity (Wildman–Crippen MR) is 92.8 cm³/mol.